The summed E-state index contributed by atoms with van der Waals surface area (Å²) in [7, 11) is 3.26. The molecule has 0 amide bonds. The van der Waals surface area contributed by atoms with Crippen LogP contribution in [0, 0.1) is 0 Å². The zero-order chi connectivity index (χ0) is 22.1. The molecular formula is C22H34N6O2S. The third kappa shape index (κ3) is 6.06. The van der Waals surface area contributed by atoms with Crippen molar-refractivity contribution in [1.29, 1.82) is 0 Å². The number of hydrogen-bond acceptors (Lipinski definition) is 6. The van der Waals surface area contributed by atoms with Gasteiger partial charge in [-0.25, -0.2) is 0 Å². The number of aryl methyl sites for hydroxylation is 1. The van der Waals surface area contributed by atoms with Crippen molar-refractivity contribution in [1.82, 2.24) is 20.1 Å². The van der Waals surface area contributed by atoms with Crippen LogP contribution in [0.25, 0.3) is 0 Å². The lowest BCUT2D eigenvalue weighted by molar-refractivity contribution is 0.355. The van der Waals surface area contributed by atoms with Crippen LogP contribution in [-0.2, 0) is 6.42 Å². The van der Waals surface area contributed by atoms with Crippen molar-refractivity contribution in [3.8, 4) is 11.5 Å². The van der Waals surface area contributed by atoms with Crippen LogP contribution in [0.4, 0.5) is 5.69 Å². The van der Waals surface area contributed by atoms with Crippen LogP contribution in [-0.4, -0.2) is 54.3 Å². The van der Waals surface area contributed by atoms with Gasteiger partial charge in [0.2, 0.25) is 0 Å². The number of nitrogens with zero attached hydrogens (tertiary/aromatic N) is 4. The number of nitrogens with one attached hydrogen (secondary N) is 2. The molecule has 1 aliphatic carbocycles. The summed E-state index contributed by atoms with van der Waals surface area (Å²) in [5.41, 5.74) is 0.892. The molecule has 9 heteroatoms. The van der Waals surface area contributed by atoms with Crippen molar-refractivity contribution in [2.75, 3.05) is 38.9 Å². The normalized spacial score (nSPS) is 14.6. The minimum atomic E-state index is 0.556. The average Bonchev–Trinajstić information content (AvgIpc) is 3.46. The number of aliphatic imine (C=N–C) groups is 1. The molecule has 8 nitrogen and oxygen atoms in total. The van der Waals surface area contributed by atoms with Gasteiger partial charge in [-0.3, -0.25) is 4.99 Å². The fourth-order valence-electron chi connectivity index (χ4n) is 3.93. The Morgan fingerprint density at radius 3 is 2.65 bits per heavy atom. The van der Waals surface area contributed by atoms with Crippen molar-refractivity contribution in [3.63, 3.8) is 0 Å². The minimum absolute atomic E-state index is 0.556. The highest BCUT2D eigenvalue weighted by molar-refractivity contribution is 7.98. The molecule has 1 aliphatic rings. The Morgan fingerprint density at radius 2 is 1.97 bits per heavy atom. The Labute approximate surface area is 189 Å². The standard InChI is InChI=1S/C22H34N6O2S/c1-5-23-21(25-16-12-13-18(29-2)19(15-16)30-3)24-14-8-11-20-26-27-22(31-4)28(20)17-9-6-7-10-17/h12-13,15,17H,5-11,14H2,1-4H3,(H2,23,24,25). The van der Waals surface area contributed by atoms with Gasteiger partial charge in [0.25, 0.3) is 0 Å². The topological polar surface area (TPSA) is 85.6 Å². The summed E-state index contributed by atoms with van der Waals surface area (Å²) in [5.74, 6) is 3.21. The first-order chi connectivity index (χ1) is 15.2. The van der Waals surface area contributed by atoms with E-state index >= 15 is 0 Å². The van der Waals surface area contributed by atoms with E-state index in [0.29, 0.717) is 24.1 Å². The number of guanidine groups is 1. The van der Waals surface area contributed by atoms with Crippen molar-refractivity contribution < 1.29 is 9.47 Å². The molecule has 1 aromatic heterocycles. The summed E-state index contributed by atoms with van der Waals surface area (Å²) in [6.07, 6.45) is 8.94. The Bertz CT molecular complexity index is 864. The number of aromatic nitrogens is 3. The highest BCUT2D eigenvalue weighted by Gasteiger charge is 2.23. The molecule has 0 unspecified atom stereocenters. The summed E-state index contributed by atoms with van der Waals surface area (Å²) in [4.78, 5) is 4.74. The largest absolute Gasteiger partial charge is 0.493 e. The molecule has 0 bridgehead atoms. The van der Waals surface area contributed by atoms with E-state index in [1.807, 2.05) is 18.2 Å². The monoisotopic (exact) mass is 446 g/mol. The molecule has 170 valence electrons. The highest BCUT2D eigenvalue weighted by atomic mass is 32.2. The lowest BCUT2D eigenvalue weighted by Crippen LogP contribution is -2.30. The van der Waals surface area contributed by atoms with Crippen LogP contribution < -0.4 is 20.1 Å². The summed E-state index contributed by atoms with van der Waals surface area (Å²) < 4.78 is 13.1. The Morgan fingerprint density at radius 1 is 1.19 bits per heavy atom. The molecule has 1 fully saturated rings. The van der Waals surface area contributed by atoms with Gasteiger partial charge in [-0.15, -0.1) is 10.2 Å². The van der Waals surface area contributed by atoms with E-state index in [1.54, 1.807) is 26.0 Å². The van der Waals surface area contributed by atoms with E-state index in [9.17, 15) is 0 Å². The molecule has 2 N–H and O–H groups in total. The molecule has 3 rings (SSSR count). The Balaban J connectivity index is 1.61. The molecule has 1 saturated carbocycles. The van der Waals surface area contributed by atoms with Crippen LogP contribution in [0.1, 0.15) is 50.9 Å². The first-order valence-electron chi connectivity index (χ1n) is 10.9. The van der Waals surface area contributed by atoms with E-state index in [1.165, 1.54) is 25.7 Å². The molecule has 0 saturated heterocycles. The van der Waals surface area contributed by atoms with Gasteiger partial charge in [-0.1, -0.05) is 24.6 Å². The number of thioether (sulfide) groups is 1. The smallest absolute Gasteiger partial charge is 0.195 e. The minimum Gasteiger partial charge on any atom is -0.493 e. The van der Waals surface area contributed by atoms with Crippen LogP contribution in [0.2, 0.25) is 0 Å². The van der Waals surface area contributed by atoms with Crippen LogP contribution >= 0.6 is 11.8 Å². The molecule has 0 aliphatic heterocycles. The number of anilines is 1. The van der Waals surface area contributed by atoms with Crippen LogP contribution in [0.3, 0.4) is 0 Å². The first-order valence-corrected chi connectivity index (χ1v) is 12.2. The van der Waals surface area contributed by atoms with Gasteiger partial charge < -0.3 is 24.7 Å². The molecule has 1 aromatic carbocycles. The molecule has 1 heterocycles. The van der Waals surface area contributed by atoms with Crippen molar-refractivity contribution >= 4 is 23.4 Å². The fourth-order valence-corrected chi connectivity index (χ4v) is 4.51. The van der Waals surface area contributed by atoms with Gasteiger partial charge in [0, 0.05) is 37.3 Å². The average molecular weight is 447 g/mol. The fraction of sp³-hybridized carbons (Fsp3) is 0.591. The number of rotatable bonds is 10. The lowest BCUT2D eigenvalue weighted by atomic mass is 10.2. The molecular weight excluding hydrogens is 412 g/mol. The maximum atomic E-state index is 5.39. The number of ether oxygens (including phenoxy) is 2. The van der Waals surface area contributed by atoms with Crippen molar-refractivity contribution in [2.45, 2.75) is 56.6 Å². The van der Waals surface area contributed by atoms with Gasteiger partial charge in [0.15, 0.2) is 22.6 Å². The van der Waals surface area contributed by atoms with Gasteiger partial charge in [-0.2, -0.15) is 0 Å². The van der Waals surface area contributed by atoms with E-state index in [4.69, 9.17) is 14.5 Å². The number of methoxy groups -OCH3 is 2. The molecule has 0 radical (unpaired) electrons. The van der Waals surface area contributed by atoms with Crippen molar-refractivity contribution in [2.24, 2.45) is 4.99 Å². The van der Waals surface area contributed by atoms with E-state index in [0.717, 1.165) is 42.0 Å². The second-order valence-corrected chi connectivity index (χ2v) is 8.24. The molecule has 0 spiro atoms. The summed E-state index contributed by atoms with van der Waals surface area (Å²) >= 11 is 1.68. The lowest BCUT2D eigenvalue weighted by Gasteiger charge is -2.16. The third-order valence-corrected chi connectivity index (χ3v) is 6.07. The molecule has 0 atom stereocenters. The summed E-state index contributed by atoms with van der Waals surface area (Å²) in [5, 5.41) is 16.5. The Kier molecular flexibility index (Phi) is 8.87. The second kappa shape index (κ2) is 11.8. The van der Waals surface area contributed by atoms with Gasteiger partial charge in [0.05, 0.1) is 14.2 Å². The first kappa shape index (κ1) is 23.2. The second-order valence-electron chi connectivity index (χ2n) is 7.47. The molecule has 31 heavy (non-hydrogen) atoms. The summed E-state index contributed by atoms with van der Waals surface area (Å²) in [6.45, 7) is 3.54. The Hall–Kier alpha value is -2.42. The zero-order valence-corrected chi connectivity index (χ0v) is 19.8. The predicted octanol–water partition coefficient (Wildman–Crippen LogP) is 4.14. The van der Waals surface area contributed by atoms with Gasteiger partial charge in [0.1, 0.15) is 5.82 Å². The van der Waals surface area contributed by atoms with E-state index in [2.05, 4.69) is 38.6 Å². The van der Waals surface area contributed by atoms with Crippen LogP contribution in [0.15, 0.2) is 28.3 Å². The van der Waals surface area contributed by atoms with Crippen molar-refractivity contribution in [3.05, 3.63) is 24.0 Å². The van der Waals surface area contributed by atoms with E-state index in [-0.39, 0.29) is 0 Å². The summed E-state index contributed by atoms with van der Waals surface area (Å²) in [6, 6.07) is 6.28. The maximum Gasteiger partial charge on any atom is 0.195 e. The highest BCUT2D eigenvalue weighted by Crippen LogP contribution is 2.33. The van der Waals surface area contributed by atoms with Gasteiger partial charge in [-0.05, 0) is 44.6 Å². The SMILES string of the molecule is CCNC(=NCCCc1nnc(SC)n1C1CCCC1)Nc1ccc(OC)c(OC)c1. The predicted molar refractivity (Wildman–Crippen MR) is 127 cm³/mol. The third-order valence-electron chi connectivity index (χ3n) is 5.43. The van der Waals surface area contributed by atoms with E-state index < -0.39 is 0 Å². The number of hydrogen-bond donors (Lipinski definition) is 2. The maximum absolute atomic E-state index is 5.39. The quantitative estimate of drug-likeness (QED) is 0.245. The van der Waals surface area contributed by atoms with Gasteiger partial charge >= 0.3 is 0 Å². The molecule has 2 aromatic rings. The zero-order valence-electron chi connectivity index (χ0n) is 19.0. The van der Waals surface area contributed by atoms with Crippen LogP contribution in [0.5, 0.6) is 11.5 Å². The number of benzene rings is 1.